The van der Waals surface area contributed by atoms with E-state index in [0.29, 0.717) is 16.0 Å². The number of carbonyl (C=O) groups excluding carboxylic acids is 2. The summed E-state index contributed by atoms with van der Waals surface area (Å²) in [6.45, 7) is 1.91. The summed E-state index contributed by atoms with van der Waals surface area (Å²) in [7, 11) is 0. The minimum Gasteiger partial charge on any atom is -0.460 e. The fourth-order valence-corrected chi connectivity index (χ4v) is 2.82. The van der Waals surface area contributed by atoms with Crippen molar-refractivity contribution in [1.82, 2.24) is 0 Å². The molecule has 1 aromatic carbocycles. The van der Waals surface area contributed by atoms with E-state index in [1.807, 2.05) is 18.2 Å². The third kappa shape index (κ3) is 3.12. The molecule has 23 heavy (non-hydrogen) atoms. The van der Waals surface area contributed by atoms with Crippen molar-refractivity contribution in [2.45, 2.75) is 13.5 Å². The molecule has 0 saturated carbocycles. The molecule has 3 rings (SSSR count). The van der Waals surface area contributed by atoms with Crippen molar-refractivity contribution < 1.29 is 23.5 Å². The van der Waals surface area contributed by atoms with Gasteiger partial charge in [0.2, 0.25) is 5.76 Å². The molecule has 2 aromatic heterocycles. The molecule has 118 valence electrons. The zero-order valence-electron chi connectivity index (χ0n) is 12.4. The Balaban J connectivity index is 1.90. The standard InChI is InChI=1S/C17H14O5S/c1-2-20-17(19)15-12(11-6-3-4-7-13(11)22-15)10-21-16(18)14-8-5-9-23-14/h3-9H,2,10H2,1H3. The SMILES string of the molecule is CCOC(=O)c1oc2ccccc2c1COC(=O)c1cccs1. The van der Waals surface area contributed by atoms with E-state index in [4.69, 9.17) is 13.9 Å². The quantitative estimate of drug-likeness (QED) is 0.661. The lowest BCUT2D eigenvalue weighted by Crippen LogP contribution is -2.09. The van der Waals surface area contributed by atoms with Crippen LogP contribution in [-0.4, -0.2) is 18.5 Å². The summed E-state index contributed by atoms with van der Waals surface area (Å²) >= 11 is 1.30. The molecule has 0 fully saturated rings. The van der Waals surface area contributed by atoms with Crippen molar-refractivity contribution in [2.24, 2.45) is 0 Å². The van der Waals surface area contributed by atoms with Crippen LogP contribution in [0.2, 0.25) is 0 Å². The highest BCUT2D eigenvalue weighted by Gasteiger charge is 2.23. The Morgan fingerprint density at radius 1 is 1.09 bits per heavy atom. The molecular weight excluding hydrogens is 316 g/mol. The third-order valence-corrected chi connectivity index (χ3v) is 4.08. The number of furan rings is 1. The largest absolute Gasteiger partial charge is 0.460 e. The molecule has 0 aliphatic heterocycles. The van der Waals surface area contributed by atoms with Crippen molar-refractivity contribution >= 4 is 34.2 Å². The zero-order valence-corrected chi connectivity index (χ0v) is 13.2. The molecule has 0 aliphatic carbocycles. The Bertz CT molecular complexity index is 832. The predicted molar refractivity (Wildman–Crippen MR) is 85.6 cm³/mol. The highest BCUT2D eigenvalue weighted by Crippen LogP contribution is 2.27. The maximum absolute atomic E-state index is 12.1. The van der Waals surface area contributed by atoms with Gasteiger partial charge in [-0.2, -0.15) is 0 Å². The van der Waals surface area contributed by atoms with Crippen LogP contribution < -0.4 is 0 Å². The molecule has 3 aromatic rings. The number of fused-ring (bicyclic) bond motifs is 1. The van der Waals surface area contributed by atoms with Crippen LogP contribution in [-0.2, 0) is 16.1 Å². The summed E-state index contributed by atoms with van der Waals surface area (Å²) in [4.78, 5) is 24.5. The minimum absolute atomic E-state index is 0.0537. The maximum Gasteiger partial charge on any atom is 0.374 e. The summed E-state index contributed by atoms with van der Waals surface area (Å²) in [5.41, 5.74) is 1.07. The zero-order chi connectivity index (χ0) is 16.2. The van der Waals surface area contributed by atoms with Crippen molar-refractivity contribution in [2.75, 3.05) is 6.61 Å². The first kappa shape index (κ1) is 15.3. The molecule has 0 amide bonds. The number of thiophene rings is 1. The van der Waals surface area contributed by atoms with Crippen LogP contribution in [0.1, 0.15) is 32.7 Å². The number of esters is 2. The van der Waals surface area contributed by atoms with Gasteiger partial charge in [0.25, 0.3) is 0 Å². The lowest BCUT2D eigenvalue weighted by molar-refractivity contribution is 0.0438. The fraction of sp³-hybridized carbons (Fsp3) is 0.176. The van der Waals surface area contributed by atoms with E-state index < -0.39 is 11.9 Å². The van der Waals surface area contributed by atoms with Gasteiger partial charge >= 0.3 is 11.9 Å². The maximum atomic E-state index is 12.1. The second kappa shape index (κ2) is 6.66. The third-order valence-electron chi connectivity index (χ3n) is 3.23. The Labute approximate surface area is 136 Å². The van der Waals surface area contributed by atoms with Crippen LogP contribution in [0.3, 0.4) is 0 Å². The molecule has 6 heteroatoms. The van der Waals surface area contributed by atoms with Crippen LogP contribution in [0.4, 0.5) is 0 Å². The van der Waals surface area contributed by atoms with Crippen molar-refractivity contribution in [3.63, 3.8) is 0 Å². The van der Waals surface area contributed by atoms with Crippen molar-refractivity contribution in [3.8, 4) is 0 Å². The fourth-order valence-electron chi connectivity index (χ4n) is 2.21. The van der Waals surface area contributed by atoms with Gasteiger partial charge in [0.1, 0.15) is 17.1 Å². The van der Waals surface area contributed by atoms with E-state index in [1.54, 1.807) is 30.5 Å². The van der Waals surface area contributed by atoms with Gasteiger partial charge in [-0.1, -0.05) is 24.3 Å². The predicted octanol–water partition coefficient (Wildman–Crippen LogP) is 4.03. The summed E-state index contributed by atoms with van der Waals surface area (Å²) in [5.74, 6) is -0.919. The number of hydrogen-bond acceptors (Lipinski definition) is 6. The first-order chi connectivity index (χ1) is 11.2. The van der Waals surface area contributed by atoms with Gasteiger partial charge in [-0.25, -0.2) is 9.59 Å². The van der Waals surface area contributed by atoms with Crippen molar-refractivity contribution in [3.05, 3.63) is 58.0 Å². The molecule has 0 atom stereocenters. The summed E-state index contributed by atoms with van der Waals surface area (Å²) in [6.07, 6.45) is 0. The lowest BCUT2D eigenvalue weighted by Gasteiger charge is -2.04. The van der Waals surface area contributed by atoms with E-state index in [9.17, 15) is 9.59 Å². The van der Waals surface area contributed by atoms with E-state index in [2.05, 4.69) is 0 Å². The number of para-hydroxylation sites is 1. The molecular formula is C17H14O5S. The van der Waals surface area contributed by atoms with Gasteiger partial charge in [0, 0.05) is 5.39 Å². The average molecular weight is 330 g/mol. The van der Waals surface area contributed by atoms with Crippen LogP contribution in [0.15, 0.2) is 46.2 Å². The Morgan fingerprint density at radius 3 is 2.65 bits per heavy atom. The van der Waals surface area contributed by atoms with Gasteiger partial charge in [0.15, 0.2) is 0 Å². The Morgan fingerprint density at radius 2 is 1.91 bits per heavy atom. The number of hydrogen-bond donors (Lipinski definition) is 0. The molecule has 0 bridgehead atoms. The Kier molecular flexibility index (Phi) is 4.43. The normalized spacial score (nSPS) is 10.7. The lowest BCUT2D eigenvalue weighted by atomic mass is 10.1. The molecule has 0 N–H and O–H groups in total. The smallest absolute Gasteiger partial charge is 0.374 e. The van der Waals surface area contributed by atoms with E-state index in [1.165, 1.54) is 11.3 Å². The number of rotatable bonds is 5. The summed E-state index contributed by atoms with van der Waals surface area (Å²) in [6, 6.07) is 10.7. The van der Waals surface area contributed by atoms with Gasteiger partial charge in [-0.15, -0.1) is 11.3 Å². The molecule has 2 heterocycles. The second-order valence-corrected chi connectivity index (χ2v) is 5.63. The van der Waals surface area contributed by atoms with Crippen molar-refractivity contribution in [1.29, 1.82) is 0 Å². The van der Waals surface area contributed by atoms with Gasteiger partial charge in [-0.05, 0) is 24.4 Å². The van der Waals surface area contributed by atoms with Gasteiger partial charge < -0.3 is 13.9 Å². The van der Waals surface area contributed by atoms with Crippen LogP contribution in [0.25, 0.3) is 11.0 Å². The number of benzene rings is 1. The molecule has 0 unspecified atom stereocenters. The molecule has 0 spiro atoms. The van der Waals surface area contributed by atoms with E-state index in [-0.39, 0.29) is 19.0 Å². The molecule has 0 saturated heterocycles. The topological polar surface area (TPSA) is 65.7 Å². The minimum atomic E-state index is -0.564. The van der Waals surface area contributed by atoms with Crippen LogP contribution >= 0.6 is 11.3 Å². The first-order valence-electron chi connectivity index (χ1n) is 7.09. The summed E-state index contributed by atoms with van der Waals surface area (Å²) < 4.78 is 15.9. The average Bonchev–Trinajstić information content (AvgIpc) is 3.20. The Hall–Kier alpha value is -2.60. The number of carbonyl (C=O) groups is 2. The highest BCUT2D eigenvalue weighted by molar-refractivity contribution is 7.11. The number of ether oxygens (including phenoxy) is 2. The van der Waals surface area contributed by atoms with Crippen LogP contribution in [0, 0.1) is 0 Å². The van der Waals surface area contributed by atoms with Crippen LogP contribution in [0.5, 0.6) is 0 Å². The second-order valence-electron chi connectivity index (χ2n) is 4.68. The molecule has 5 nitrogen and oxygen atoms in total. The van der Waals surface area contributed by atoms with E-state index >= 15 is 0 Å². The molecule has 0 radical (unpaired) electrons. The first-order valence-corrected chi connectivity index (χ1v) is 7.96. The monoisotopic (exact) mass is 330 g/mol. The highest BCUT2D eigenvalue weighted by atomic mass is 32.1. The van der Waals surface area contributed by atoms with Gasteiger partial charge in [0.05, 0.1) is 12.2 Å². The van der Waals surface area contributed by atoms with E-state index in [0.717, 1.165) is 5.39 Å². The van der Waals surface area contributed by atoms with Gasteiger partial charge in [-0.3, -0.25) is 0 Å². The summed E-state index contributed by atoms with van der Waals surface area (Å²) in [5, 5.41) is 2.53. The molecule has 0 aliphatic rings.